The van der Waals surface area contributed by atoms with Crippen molar-refractivity contribution in [2.45, 2.75) is 31.9 Å². The number of carbonyl (C=O) groups is 1. The van der Waals surface area contributed by atoms with Gasteiger partial charge in [0.2, 0.25) is 5.91 Å². The van der Waals surface area contributed by atoms with Gasteiger partial charge in [-0.2, -0.15) is 0 Å². The van der Waals surface area contributed by atoms with Crippen molar-refractivity contribution >= 4 is 17.5 Å². The molecule has 0 spiro atoms. The predicted molar refractivity (Wildman–Crippen MR) is 91.3 cm³/mol. The van der Waals surface area contributed by atoms with E-state index in [1.807, 2.05) is 0 Å². The molecule has 3 rings (SSSR count). The molecule has 4 nitrogen and oxygen atoms in total. The van der Waals surface area contributed by atoms with Gasteiger partial charge in [0, 0.05) is 23.7 Å². The highest BCUT2D eigenvalue weighted by molar-refractivity contribution is 6.30. The Morgan fingerprint density at radius 3 is 2.83 bits per heavy atom. The second kappa shape index (κ2) is 7.81. The van der Waals surface area contributed by atoms with E-state index in [1.54, 1.807) is 12.1 Å². The molecule has 6 heteroatoms. The second-order valence-corrected chi connectivity index (χ2v) is 7.26. The molecule has 2 atom stereocenters. The number of rotatable bonds is 4. The monoisotopic (exact) mass is 354 g/mol. The molecular formula is C18H24ClFN2O2. The first-order valence-corrected chi connectivity index (χ1v) is 8.94. The van der Waals surface area contributed by atoms with E-state index in [0.29, 0.717) is 23.1 Å². The quantitative estimate of drug-likeness (QED) is 0.904. The number of benzene rings is 1. The Balaban J connectivity index is 1.57. The second-order valence-electron chi connectivity index (χ2n) is 6.82. The molecule has 2 aliphatic rings. The van der Waals surface area contributed by atoms with Crippen LogP contribution in [-0.4, -0.2) is 43.7 Å². The maximum atomic E-state index is 13.8. The standard InChI is InChI=1S/C18H24ClFN2O2/c1-22-7-4-12(5-8-22)17-15(6-9-24-17)18(23)21-11-13-2-3-14(19)10-16(13)20/h2-3,10,12,15,17H,4-9,11H2,1H3,(H,21,23)/t15-,17+/m0/s1. The Morgan fingerprint density at radius 2 is 2.12 bits per heavy atom. The van der Waals surface area contributed by atoms with E-state index in [2.05, 4.69) is 17.3 Å². The zero-order valence-electron chi connectivity index (χ0n) is 13.9. The van der Waals surface area contributed by atoms with E-state index >= 15 is 0 Å². The van der Waals surface area contributed by atoms with Crippen LogP contribution in [0.25, 0.3) is 0 Å². The molecule has 0 aromatic heterocycles. The molecule has 2 aliphatic heterocycles. The number of nitrogens with zero attached hydrogens (tertiary/aromatic N) is 1. The van der Waals surface area contributed by atoms with Crippen LogP contribution in [0.2, 0.25) is 5.02 Å². The van der Waals surface area contributed by atoms with E-state index in [4.69, 9.17) is 16.3 Å². The number of ether oxygens (including phenoxy) is 1. The fraction of sp³-hybridized carbons (Fsp3) is 0.611. The highest BCUT2D eigenvalue weighted by atomic mass is 35.5. The molecule has 1 amide bonds. The predicted octanol–water partition coefficient (Wildman–Crippen LogP) is 2.84. The Kier molecular flexibility index (Phi) is 5.74. The highest BCUT2D eigenvalue weighted by Gasteiger charge is 2.39. The lowest BCUT2D eigenvalue weighted by Gasteiger charge is -2.34. The van der Waals surface area contributed by atoms with Crippen LogP contribution in [0.5, 0.6) is 0 Å². The van der Waals surface area contributed by atoms with Gasteiger partial charge in [0.05, 0.1) is 12.0 Å². The van der Waals surface area contributed by atoms with Gasteiger partial charge in [-0.05, 0) is 57.5 Å². The van der Waals surface area contributed by atoms with Crippen LogP contribution in [0.4, 0.5) is 4.39 Å². The average molecular weight is 355 g/mol. The van der Waals surface area contributed by atoms with Gasteiger partial charge in [-0.3, -0.25) is 4.79 Å². The minimum Gasteiger partial charge on any atom is -0.377 e. The highest BCUT2D eigenvalue weighted by Crippen LogP contribution is 2.33. The molecule has 0 bridgehead atoms. The van der Waals surface area contributed by atoms with E-state index in [0.717, 1.165) is 32.4 Å². The third kappa shape index (κ3) is 4.08. The van der Waals surface area contributed by atoms with Gasteiger partial charge in [0.25, 0.3) is 0 Å². The van der Waals surface area contributed by atoms with Gasteiger partial charge in [-0.15, -0.1) is 0 Å². The van der Waals surface area contributed by atoms with Crippen molar-refractivity contribution in [3.63, 3.8) is 0 Å². The number of hydrogen-bond acceptors (Lipinski definition) is 3. The summed E-state index contributed by atoms with van der Waals surface area (Å²) >= 11 is 5.75. The summed E-state index contributed by atoms with van der Waals surface area (Å²) in [5.41, 5.74) is 0.447. The summed E-state index contributed by atoms with van der Waals surface area (Å²) < 4.78 is 19.7. The number of likely N-dealkylation sites (tertiary alicyclic amines) is 1. The van der Waals surface area contributed by atoms with E-state index in [9.17, 15) is 9.18 Å². The van der Waals surface area contributed by atoms with Crippen molar-refractivity contribution < 1.29 is 13.9 Å². The molecule has 0 radical (unpaired) electrons. The molecule has 0 unspecified atom stereocenters. The molecule has 2 heterocycles. The van der Waals surface area contributed by atoms with Crippen LogP contribution in [0.3, 0.4) is 0 Å². The lowest BCUT2D eigenvalue weighted by molar-refractivity contribution is -0.128. The van der Waals surface area contributed by atoms with Crippen molar-refractivity contribution in [2.75, 3.05) is 26.7 Å². The minimum absolute atomic E-state index is 0.00577. The number of amides is 1. The van der Waals surface area contributed by atoms with Gasteiger partial charge in [-0.25, -0.2) is 4.39 Å². The normalized spacial score (nSPS) is 25.8. The Hall–Kier alpha value is -1.17. The van der Waals surface area contributed by atoms with Crippen LogP contribution < -0.4 is 5.32 Å². The number of carbonyl (C=O) groups excluding carboxylic acids is 1. The Bertz CT molecular complexity index is 590. The summed E-state index contributed by atoms with van der Waals surface area (Å²) in [6.07, 6.45) is 2.87. The first-order chi connectivity index (χ1) is 11.5. The average Bonchev–Trinajstić information content (AvgIpc) is 3.04. The smallest absolute Gasteiger partial charge is 0.226 e. The summed E-state index contributed by atoms with van der Waals surface area (Å²) in [4.78, 5) is 14.9. The number of halogens is 2. The van der Waals surface area contributed by atoms with Crippen LogP contribution in [0.15, 0.2) is 18.2 Å². The van der Waals surface area contributed by atoms with Crippen LogP contribution in [0.1, 0.15) is 24.8 Å². The summed E-state index contributed by atoms with van der Waals surface area (Å²) in [5.74, 6) is -0.122. The van der Waals surface area contributed by atoms with Gasteiger partial charge < -0.3 is 15.0 Å². The van der Waals surface area contributed by atoms with Crippen LogP contribution >= 0.6 is 11.6 Å². The first-order valence-electron chi connectivity index (χ1n) is 8.56. The van der Waals surface area contributed by atoms with E-state index < -0.39 is 5.82 Å². The van der Waals surface area contributed by atoms with Crippen LogP contribution in [-0.2, 0) is 16.1 Å². The molecule has 1 N–H and O–H groups in total. The third-order valence-electron chi connectivity index (χ3n) is 5.17. The zero-order chi connectivity index (χ0) is 17.1. The molecule has 2 saturated heterocycles. The van der Waals surface area contributed by atoms with Crippen molar-refractivity contribution in [3.05, 3.63) is 34.6 Å². The van der Waals surface area contributed by atoms with Gasteiger partial charge in [-0.1, -0.05) is 17.7 Å². The molecule has 1 aromatic rings. The minimum atomic E-state index is -0.391. The Morgan fingerprint density at radius 1 is 1.38 bits per heavy atom. The summed E-state index contributed by atoms with van der Waals surface area (Å²) in [5, 5.41) is 3.22. The van der Waals surface area contributed by atoms with Crippen LogP contribution in [0, 0.1) is 17.7 Å². The van der Waals surface area contributed by atoms with Gasteiger partial charge in [0.15, 0.2) is 0 Å². The summed E-state index contributed by atoms with van der Waals surface area (Å²) in [7, 11) is 2.12. The van der Waals surface area contributed by atoms with Crippen molar-refractivity contribution in [2.24, 2.45) is 11.8 Å². The first kappa shape index (κ1) is 17.6. The van der Waals surface area contributed by atoms with E-state index in [-0.39, 0.29) is 24.5 Å². The van der Waals surface area contributed by atoms with Gasteiger partial charge in [0.1, 0.15) is 5.82 Å². The molecule has 1 aromatic carbocycles. The van der Waals surface area contributed by atoms with Gasteiger partial charge >= 0.3 is 0 Å². The van der Waals surface area contributed by atoms with E-state index in [1.165, 1.54) is 6.07 Å². The molecule has 2 fully saturated rings. The zero-order valence-corrected chi connectivity index (χ0v) is 14.7. The molecule has 0 aliphatic carbocycles. The SMILES string of the molecule is CN1CCC([C@H]2OCC[C@@H]2C(=O)NCc2ccc(Cl)cc2F)CC1. The molecule has 24 heavy (non-hydrogen) atoms. The topological polar surface area (TPSA) is 41.6 Å². The fourth-order valence-electron chi connectivity index (χ4n) is 3.69. The summed E-state index contributed by atoms with van der Waals surface area (Å²) in [6, 6.07) is 4.51. The maximum absolute atomic E-state index is 13.8. The van der Waals surface area contributed by atoms with Crippen molar-refractivity contribution in [3.8, 4) is 0 Å². The molecular weight excluding hydrogens is 331 g/mol. The van der Waals surface area contributed by atoms with Crippen molar-refractivity contribution in [1.29, 1.82) is 0 Å². The summed E-state index contributed by atoms with van der Waals surface area (Å²) in [6.45, 7) is 2.91. The lowest BCUT2D eigenvalue weighted by atomic mass is 9.84. The maximum Gasteiger partial charge on any atom is 0.226 e. The number of hydrogen-bond donors (Lipinski definition) is 1. The number of piperidine rings is 1. The largest absolute Gasteiger partial charge is 0.377 e. The van der Waals surface area contributed by atoms with Crippen molar-refractivity contribution in [1.82, 2.24) is 10.2 Å². The number of nitrogens with one attached hydrogen (secondary N) is 1. The third-order valence-corrected chi connectivity index (χ3v) is 5.40. The fourth-order valence-corrected chi connectivity index (χ4v) is 3.85. The molecule has 0 saturated carbocycles. The molecule has 132 valence electrons. The Labute approximate surface area is 147 Å². The lowest BCUT2D eigenvalue weighted by Crippen LogP contribution is -2.42.